The van der Waals surface area contributed by atoms with Gasteiger partial charge in [-0.05, 0) is 37.6 Å². The minimum atomic E-state index is -0.560. The third-order valence-electron chi connectivity index (χ3n) is 6.15. The Morgan fingerprint density at radius 2 is 1.18 bits per heavy atom. The number of hydrogen-bond acceptors (Lipinski definition) is 8. The van der Waals surface area contributed by atoms with Crippen LogP contribution < -0.4 is 39.6 Å². The molecule has 1 atom stereocenters. The Bertz CT molecular complexity index is 1360. The van der Waals surface area contributed by atoms with Crippen LogP contribution in [0.2, 0.25) is 0 Å². The zero-order valence-corrected chi connectivity index (χ0v) is 23.5. The monoisotopic (exact) mass is 551 g/mol. The molecule has 0 bridgehead atoms. The third-order valence-corrected chi connectivity index (χ3v) is 6.15. The van der Waals surface area contributed by atoms with E-state index in [0.29, 0.717) is 56.9 Å². The summed E-state index contributed by atoms with van der Waals surface area (Å²) in [4.78, 5) is 37.8. The summed E-state index contributed by atoms with van der Waals surface area (Å²) in [7, 11) is 7.41. The van der Waals surface area contributed by atoms with Gasteiger partial charge in [-0.1, -0.05) is 12.1 Å². The van der Waals surface area contributed by atoms with Crippen LogP contribution in [0.4, 0.5) is 21.9 Å². The van der Waals surface area contributed by atoms with Crippen molar-refractivity contribution in [3.63, 3.8) is 0 Å². The van der Waals surface area contributed by atoms with E-state index in [2.05, 4.69) is 16.0 Å². The predicted octanol–water partition coefficient (Wildman–Crippen LogP) is 5.32. The molecule has 3 amide bonds. The highest BCUT2D eigenvalue weighted by molar-refractivity contribution is 6.06. The van der Waals surface area contributed by atoms with Gasteiger partial charge in [-0.15, -0.1) is 0 Å². The summed E-state index contributed by atoms with van der Waals surface area (Å²) in [6, 6.07) is 12.7. The highest BCUT2D eigenvalue weighted by Crippen LogP contribution is 2.40. The van der Waals surface area contributed by atoms with Crippen LogP contribution >= 0.6 is 0 Å². The molecule has 11 nitrogen and oxygen atoms in total. The number of rotatable bonds is 11. The molecule has 3 rings (SSSR count). The molecule has 0 aliphatic heterocycles. The van der Waals surface area contributed by atoms with Gasteiger partial charge in [0.05, 0.1) is 52.8 Å². The number of nitrogens with one attached hydrogen (secondary N) is 3. The normalized spacial score (nSPS) is 11.1. The lowest BCUT2D eigenvalue weighted by Crippen LogP contribution is -2.21. The van der Waals surface area contributed by atoms with Crippen LogP contribution in [0.5, 0.6) is 28.7 Å². The van der Waals surface area contributed by atoms with Crippen LogP contribution in [-0.4, -0.2) is 53.3 Å². The van der Waals surface area contributed by atoms with E-state index in [4.69, 9.17) is 23.7 Å². The minimum absolute atomic E-state index is 0.232. The van der Waals surface area contributed by atoms with Crippen LogP contribution in [0, 0.1) is 0 Å². The number of ether oxygens (including phenoxy) is 5. The zero-order chi connectivity index (χ0) is 29.4. The summed E-state index contributed by atoms with van der Waals surface area (Å²) >= 11 is 0. The second-order valence-electron chi connectivity index (χ2n) is 8.64. The molecule has 0 fully saturated rings. The molecule has 3 N–H and O–H groups in total. The summed E-state index contributed by atoms with van der Waals surface area (Å²) in [5, 5.41) is 8.29. The molecule has 0 saturated heterocycles. The second-order valence-corrected chi connectivity index (χ2v) is 8.64. The highest BCUT2D eigenvalue weighted by Gasteiger charge is 2.21. The van der Waals surface area contributed by atoms with Crippen molar-refractivity contribution in [1.29, 1.82) is 0 Å². The molecule has 3 aromatic carbocycles. The molecule has 40 heavy (non-hydrogen) atoms. The number of Topliss-reactive ketones (excluding diaryl/α,β-unsaturated/α-hetero) is 1. The Kier molecular flexibility index (Phi) is 9.80. The fraction of sp³-hybridized carbons (Fsp3) is 0.276. The molecule has 3 aromatic rings. The average Bonchev–Trinajstić information content (AvgIpc) is 2.95. The van der Waals surface area contributed by atoms with Crippen LogP contribution in [0.15, 0.2) is 48.5 Å². The summed E-state index contributed by atoms with van der Waals surface area (Å²) in [5.74, 6) is 0.865. The minimum Gasteiger partial charge on any atom is -0.493 e. The van der Waals surface area contributed by atoms with E-state index in [1.54, 1.807) is 49.4 Å². The number of carbonyl (C=O) groups excluding carboxylic acids is 3. The fourth-order valence-electron chi connectivity index (χ4n) is 3.97. The van der Waals surface area contributed by atoms with Crippen LogP contribution in [0.1, 0.15) is 35.7 Å². The van der Waals surface area contributed by atoms with E-state index in [1.165, 1.54) is 48.5 Å². The van der Waals surface area contributed by atoms with Crippen LogP contribution in [-0.2, 0) is 4.79 Å². The van der Waals surface area contributed by atoms with Gasteiger partial charge in [-0.3, -0.25) is 9.59 Å². The molecule has 0 aliphatic carbocycles. The molecule has 212 valence electrons. The van der Waals surface area contributed by atoms with Gasteiger partial charge in [-0.2, -0.15) is 0 Å². The summed E-state index contributed by atoms with van der Waals surface area (Å²) in [6.07, 6.45) is 0. The van der Waals surface area contributed by atoms with Crippen LogP contribution in [0.3, 0.4) is 0 Å². The van der Waals surface area contributed by atoms with E-state index in [9.17, 15) is 14.4 Å². The summed E-state index contributed by atoms with van der Waals surface area (Å²) in [6.45, 7) is 3.15. The smallest absolute Gasteiger partial charge is 0.323 e. The molecule has 0 aliphatic rings. The molecule has 11 heteroatoms. The number of ketones is 1. The van der Waals surface area contributed by atoms with E-state index in [1.807, 2.05) is 0 Å². The number of benzene rings is 3. The summed E-state index contributed by atoms with van der Waals surface area (Å²) < 4.78 is 26.5. The SMILES string of the molecule is COc1cc(NC(=O)C(C)c2ccc(NC(=O)Nc3cc(OC)c(OC)c(OC)c3)cc2)c(C(C)=O)cc1OC. The number of anilines is 3. The zero-order valence-electron chi connectivity index (χ0n) is 23.5. The van der Waals surface area contributed by atoms with Crippen molar-refractivity contribution in [3.05, 3.63) is 59.7 Å². The first-order chi connectivity index (χ1) is 19.1. The number of carbonyl (C=O) groups is 3. The molecule has 0 aromatic heterocycles. The Balaban J connectivity index is 1.70. The van der Waals surface area contributed by atoms with Gasteiger partial charge in [0.2, 0.25) is 11.7 Å². The van der Waals surface area contributed by atoms with Gasteiger partial charge in [-0.25, -0.2) is 4.79 Å². The number of urea groups is 1. The van der Waals surface area contributed by atoms with Gasteiger partial charge in [0.1, 0.15) is 0 Å². The maximum absolute atomic E-state index is 13.1. The van der Waals surface area contributed by atoms with Crippen molar-refractivity contribution in [1.82, 2.24) is 0 Å². The van der Waals surface area contributed by atoms with Crippen LogP contribution in [0.25, 0.3) is 0 Å². The Morgan fingerprint density at radius 3 is 1.68 bits per heavy atom. The van der Waals surface area contributed by atoms with E-state index in [-0.39, 0.29) is 11.7 Å². The van der Waals surface area contributed by atoms with Crippen molar-refractivity contribution in [2.24, 2.45) is 0 Å². The van der Waals surface area contributed by atoms with Gasteiger partial charge in [0.15, 0.2) is 28.8 Å². The topological polar surface area (TPSA) is 133 Å². The van der Waals surface area contributed by atoms with Crippen molar-refractivity contribution >= 4 is 34.8 Å². The molecular formula is C29H33N3O8. The lowest BCUT2D eigenvalue weighted by atomic mass is 9.99. The predicted molar refractivity (Wildman–Crippen MR) is 152 cm³/mol. The largest absolute Gasteiger partial charge is 0.493 e. The maximum atomic E-state index is 13.1. The van der Waals surface area contributed by atoms with Gasteiger partial charge in [0.25, 0.3) is 0 Å². The molecule has 0 saturated carbocycles. The Morgan fingerprint density at radius 1 is 0.650 bits per heavy atom. The lowest BCUT2D eigenvalue weighted by Gasteiger charge is -2.17. The van der Waals surface area contributed by atoms with Gasteiger partial charge in [0, 0.05) is 29.4 Å². The first-order valence-electron chi connectivity index (χ1n) is 12.2. The first-order valence-corrected chi connectivity index (χ1v) is 12.2. The number of hydrogen-bond donors (Lipinski definition) is 3. The van der Waals surface area contributed by atoms with Crippen molar-refractivity contribution in [2.75, 3.05) is 51.5 Å². The standard InChI is InChI=1S/C29H33N3O8/c1-16(28(34)32-22-15-24(37-4)23(36-3)14-21(22)17(2)33)18-8-10-19(11-9-18)30-29(35)31-20-12-25(38-5)27(40-7)26(13-20)39-6/h8-16H,1-7H3,(H,32,34)(H2,30,31,35). The second kappa shape index (κ2) is 13.2. The van der Waals surface area contributed by atoms with Gasteiger partial charge >= 0.3 is 6.03 Å². The van der Waals surface area contributed by atoms with Crippen molar-refractivity contribution in [2.45, 2.75) is 19.8 Å². The Labute approximate surface area is 232 Å². The number of amides is 3. The molecule has 0 heterocycles. The first kappa shape index (κ1) is 29.6. The average molecular weight is 552 g/mol. The fourth-order valence-corrected chi connectivity index (χ4v) is 3.97. The molecule has 0 radical (unpaired) electrons. The maximum Gasteiger partial charge on any atom is 0.323 e. The van der Waals surface area contributed by atoms with Crippen molar-refractivity contribution < 1.29 is 38.1 Å². The molecule has 0 spiro atoms. The quantitative estimate of drug-likeness (QED) is 0.273. The van der Waals surface area contributed by atoms with E-state index < -0.39 is 11.9 Å². The lowest BCUT2D eigenvalue weighted by molar-refractivity contribution is -0.117. The molecule has 1 unspecified atom stereocenters. The van der Waals surface area contributed by atoms with Crippen molar-refractivity contribution in [3.8, 4) is 28.7 Å². The Hall–Kier alpha value is -4.93. The van der Waals surface area contributed by atoms with E-state index >= 15 is 0 Å². The van der Waals surface area contributed by atoms with Gasteiger partial charge < -0.3 is 39.6 Å². The number of methoxy groups -OCH3 is 5. The summed E-state index contributed by atoms with van der Waals surface area (Å²) in [5.41, 5.74) is 2.28. The van der Waals surface area contributed by atoms with E-state index in [0.717, 1.165) is 0 Å². The molecular weight excluding hydrogens is 518 g/mol. The highest BCUT2D eigenvalue weighted by atomic mass is 16.5. The third kappa shape index (κ3) is 6.73.